The van der Waals surface area contributed by atoms with Crippen molar-refractivity contribution in [3.63, 3.8) is 0 Å². The maximum absolute atomic E-state index is 14.9. The van der Waals surface area contributed by atoms with Gasteiger partial charge in [-0.05, 0) is 67.9 Å². The first-order chi connectivity index (χ1) is 14.5. The Morgan fingerprint density at radius 1 is 1.17 bits per heavy atom. The van der Waals surface area contributed by atoms with Crippen molar-refractivity contribution < 1.29 is 23.8 Å². The second-order valence-electron chi connectivity index (χ2n) is 9.28. The van der Waals surface area contributed by atoms with Crippen LogP contribution in [0.15, 0.2) is 12.1 Å². The normalized spacial score (nSPS) is 26.2. The zero-order chi connectivity index (χ0) is 21.3. The van der Waals surface area contributed by atoms with Gasteiger partial charge < -0.3 is 14.7 Å². The van der Waals surface area contributed by atoms with Crippen LogP contribution in [0.4, 0.5) is 4.39 Å². The van der Waals surface area contributed by atoms with Crippen LogP contribution >= 0.6 is 0 Å². The Morgan fingerprint density at radius 3 is 2.63 bits per heavy atom. The number of benzene rings is 1. The van der Waals surface area contributed by atoms with Crippen LogP contribution in [-0.2, 0) is 4.79 Å². The molecule has 5 nitrogen and oxygen atoms in total. The lowest BCUT2D eigenvalue weighted by molar-refractivity contribution is -0.141. The summed E-state index contributed by atoms with van der Waals surface area (Å²) < 4.78 is 21.0. The largest absolute Gasteiger partial charge is 0.493 e. The zero-order valence-corrected chi connectivity index (χ0v) is 17.7. The number of carboxylic acid groups (broad SMARTS) is 1. The SMILES string of the molecule is CCCC1CCC(COc2cc(F)c(C(=O)N3CCC[C@H]3C(=O)O)cc2C2CC2)C1. The van der Waals surface area contributed by atoms with E-state index in [0.717, 1.165) is 30.7 Å². The van der Waals surface area contributed by atoms with Crippen LogP contribution in [0, 0.1) is 17.7 Å². The molecular formula is C24H32FNO4. The third kappa shape index (κ3) is 4.47. The van der Waals surface area contributed by atoms with E-state index in [0.29, 0.717) is 43.6 Å². The van der Waals surface area contributed by atoms with Crippen molar-refractivity contribution in [2.24, 2.45) is 11.8 Å². The van der Waals surface area contributed by atoms with Gasteiger partial charge in [-0.1, -0.05) is 26.2 Å². The number of carbonyl (C=O) groups excluding carboxylic acids is 1. The summed E-state index contributed by atoms with van der Waals surface area (Å²) in [6, 6.07) is 2.11. The first kappa shape index (κ1) is 21.1. The average Bonchev–Trinajstić information content (AvgIpc) is 3.25. The van der Waals surface area contributed by atoms with Crippen LogP contribution in [0.5, 0.6) is 5.75 Å². The number of carboxylic acids is 1. The standard InChI is InChI=1S/C24H32FNO4/c1-2-4-15-6-7-16(11-15)14-30-22-13-20(25)19(12-18(22)17-8-9-17)23(27)26-10-3-5-21(26)24(28)29/h12-13,15-17,21H,2-11,14H2,1H3,(H,28,29)/t15?,16?,21-/m0/s1. The van der Waals surface area contributed by atoms with Gasteiger partial charge in [0.05, 0.1) is 12.2 Å². The van der Waals surface area contributed by atoms with Gasteiger partial charge in [0, 0.05) is 12.6 Å². The summed E-state index contributed by atoms with van der Waals surface area (Å²) >= 11 is 0. The van der Waals surface area contributed by atoms with E-state index in [1.807, 2.05) is 0 Å². The molecule has 1 N–H and O–H groups in total. The number of hydrogen-bond acceptors (Lipinski definition) is 3. The molecule has 1 amide bonds. The fourth-order valence-corrected chi connectivity index (χ4v) is 5.20. The second kappa shape index (κ2) is 8.94. The number of halogens is 1. The Labute approximate surface area is 177 Å². The van der Waals surface area contributed by atoms with Crippen LogP contribution in [0.1, 0.15) is 86.6 Å². The molecule has 0 radical (unpaired) electrons. The Hall–Kier alpha value is -2.11. The Kier molecular flexibility index (Phi) is 6.30. The summed E-state index contributed by atoms with van der Waals surface area (Å²) in [5.74, 6) is -0.0137. The van der Waals surface area contributed by atoms with Crippen LogP contribution in [-0.4, -0.2) is 41.1 Å². The molecule has 3 aliphatic rings. The molecule has 1 aromatic carbocycles. The summed E-state index contributed by atoms with van der Waals surface area (Å²) in [5, 5.41) is 9.36. The fourth-order valence-electron chi connectivity index (χ4n) is 5.20. The van der Waals surface area contributed by atoms with Gasteiger partial charge in [-0.2, -0.15) is 0 Å². The smallest absolute Gasteiger partial charge is 0.326 e. The van der Waals surface area contributed by atoms with E-state index in [-0.39, 0.29) is 5.56 Å². The van der Waals surface area contributed by atoms with E-state index in [4.69, 9.17) is 4.74 Å². The predicted octanol–water partition coefficient (Wildman–Crippen LogP) is 4.99. The number of nitrogens with zero attached hydrogens (tertiary/aromatic N) is 1. The molecule has 0 bridgehead atoms. The zero-order valence-electron chi connectivity index (χ0n) is 17.7. The Balaban J connectivity index is 1.49. The summed E-state index contributed by atoms with van der Waals surface area (Å²) in [7, 11) is 0. The number of carbonyl (C=O) groups is 2. The predicted molar refractivity (Wildman–Crippen MR) is 111 cm³/mol. The molecule has 4 rings (SSSR count). The van der Waals surface area contributed by atoms with Crippen molar-refractivity contribution in [2.45, 2.75) is 76.7 Å². The highest BCUT2D eigenvalue weighted by Gasteiger charge is 2.37. The molecule has 1 heterocycles. The number of rotatable bonds is 8. The molecule has 3 atom stereocenters. The van der Waals surface area contributed by atoms with Gasteiger partial charge in [0.2, 0.25) is 0 Å². The molecule has 30 heavy (non-hydrogen) atoms. The van der Waals surface area contributed by atoms with E-state index >= 15 is 0 Å². The minimum Gasteiger partial charge on any atom is -0.493 e. The molecule has 1 saturated heterocycles. The topological polar surface area (TPSA) is 66.8 Å². The van der Waals surface area contributed by atoms with Crippen molar-refractivity contribution in [1.82, 2.24) is 4.90 Å². The lowest BCUT2D eigenvalue weighted by atomic mass is 10.0. The van der Waals surface area contributed by atoms with Crippen molar-refractivity contribution in [2.75, 3.05) is 13.2 Å². The first-order valence-electron chi connectivity index (χ1n) is 11.5. The maximum Gasteiger partial charge on any atom is 0.326 e. The molecule has 6 heteroatoms. The summed E-state index contributed by atoms with van der Waals surface area (Å²) in [5.41, 5.74) is 0.871. The summed E-state index contributed by atoms with van der Waals surface area (Å²) in [6.07, 6.45) is 9.14. The van der Waals surface area contributed by atoms with Crippen LogP contribution in [0.2, 0.25) is 0 Å². The van der Waals surface area contributed by atoms with E-state index in [9.17, 15) is 19.1 Å². The van der Waals surface area contributed by atoms with E-state index in [2.05, 4.69) is 6.92 Å². The van der Waals surface area contributed by atoms with Crippen LogP contribution < -0.4 is 4.74 Å². The van der Waals surface area contributed by atoms with E-state index in [1.54, 1.807) is 6.07 Å². The quantitative estimate of drug-likeness (QED) is 0.647. The van der Waals surface area contributed by atoms with Crippen molar-refractivity contribution >= 4 is 11.9 Å². The van der Waals surface area contributed by atoms with Gasteiger partial charge >= 0.3 is 5.97 Å². The summed E-state index contributed by atoms with van der Waals surface area (Å²) in [6.45, 7) is 3.17. The number of hydrogen-bond donors (Lipinski definition) is 1. The molecule has 2 aliphatic carbocycles. The second-order valence-corrected chi connectivity index (χ2v) is 9.28. The number of aliphatic carboxylic acids is 1. The number of likely N-dealkylation sites (tertiary alicyclic amines) is 1. The van der Waals surface area contributed by atoms with Gasteiger partial charge in [-0.3, -0.25) is 4.79 Å². The molecule has 2 unspecified atom stereocenters. The molecule has 164 valence electrons. The minimum atomic E-state index is -1.03. The van der Waals surface area contributed by atoms with Crippen molar-refractivity contribution in [3.05, 3.63) is 29.1 Å². The third-order valence-electron chi connectivity index (χ3n) is 6.97. The minimum absolute atomic E-state index is 0.0266. The lowest BCUT2D eigenvalue weighted by Gasteiger charge is -2.23. The average molecular weight is 418 g/mol. The van der Waals surface area contributed by atoms with Crippen molar-refractivity contribution in [1.29, 1.82) is 0 Å². The van der Waals surface area contributed by atoms with Crippen LogP contribution in [0.3, 0.4) is 0 Å². The molecule has 0 spiro atoms. The van der Waals surface area contributed by atoms with Crippen molar-refractivity contribution in [3.8, 4) is 5.75 Å². The van der Waals surface area contributed by atoms with Gasteiger partial charge in [-0.15, -0.1) is 0 Å². The number of ether oxygens (including phenoxy) is 1. The highest BCUT2D eigenvalue weighted by atomic mass is 19.1. The molecule has 2 saturated carbocycles. The fraction of sp³-hybridized carbons (Fsp3) is 0.667. The maximum atomic E-state index is 14.9. The lowest BCUT2D eigenvalue weighted by Crippen LogP contribution is -2.40. The highest BCUT2D eigenvalue weighted by Crippen LogP contribution is 2.46. The molecule has 1 aliphatic heterocycles. The van der Waals surface area contributed by atoms with Gasteiger partial charge in [-0.25, -0.2) is 9.18 Å². The van der Waals surface area contributed by atoms with Crippen LogP contribution in [0.25, 0.3) is 0 Å². The molecule has 0 aromatic heterocycles. The Bertz CT molecular complexity index is 807. The Morgan fingerprint density at radius 2 is 1.93 bits per heavy atom. The first-order valence-corrected chi connectivity index (χ1v) is 11.5. The summed E-state index contributed by atoms with van der Waals surface area (Å²) in [4.78, 5) is 25.7. The van der Waals surface area contributed by atoms with Gasteiger partial charge in [0.25, 0.3) is 5.91 Å². The number of amides is 1. The van der Waals surface area contributed by atoms with Gasteiger partial charge in [0.1, 0.15) is 17.6 Å². The highest BCUT2D eigenvalue weighted by molar-refractivity contribution is 5.97. The molecular weight excluding hydrogens is 385 g/mol. The van der Waals surface area contributed by atoms with Gasteiger partial charge in [0.15, 0.2) is 0 Å². The van der Waals surface area contributed by atoms with E-state index < -0.39 is 23.7 Å². The molecule has 1 aromatic rings. The third-order valence-corrected chi connectivity index (χ3v) is 6.97. The van der Waals surface area contributed by atoms with E-state index in [1.165, 1.54) is 36.6 Å². The monoisotopic (exact) mass is 417 g/mol. The molecule has 3 fully saturated rings.